The summed E-state index contributed by atoms with van der Waals surface area (Å²) in [4.78, 5) is 4.38. The summed E-state index contributed by atoms with van der Waals surface area (Å²) in [5.41, 5.74) is -0.197. The molecule has 0 aliphatic heterocycles. The maximum absolute atomic E-state index is 8.97. The lowest BCUT2D eigenvalue weighted by molar-refractivity contribution is 0.414. The van der Waals surface area contributed by atoms with Gasteiger partial charge in [0.1, 0.15) is 5.82 Å². The van der Waals surface area contributed by atoms with Gasteiger partial charge in [-0.2, -0.15) is 5.26 Å². The third kappa shape index (κ3) is 5.89. The van der Waals surface area contributed by atoms with Crippen LogP contribution in [0.25, 0.3) is 0 Å². The van der Waals surface area contributed by atoms with Gasteiger partial charge < -0.3 is 9.88 Å². The Balaban J connectivity index is 2.34. The van der Waals surface area contributed by atoms with Crippen molar-refractivity contribution in [3.8, 4) is 6.07 Å². The van der Waals surface area contributed by atoms with Gasteiger partial charge in [0.15, 0.2) is 0 Å². The number of aromatic nitrogens is 2. The number of nitriles is 1. The predicted molar refractivity (Wildman–Crippen MR) is 77.4 cm³/mol. The highest BCUT2D eigenvalue weighted by Gasteiger charge is 2.15. The van der Waals surface area contributed by atoms with E-state index in [9.17, 15) is 0 Å². The van der Waals surface area contributed by atoms with Crippen molar-refractivity contribution in [2.24, 2.45) is 5.41 Å². The molecule has 1 aromatic rings. The van der Waals surface area contributed by atoms with Crippen LogP contribution < -0.4 is 5.32 Å². The van der Waals surface area contributed by atoms with Crippen molar-refractivity contribution in [1.29, 1.82) is 5.26 Å². The zero-order chi connectivity index (χ0) is 14.3. The summed E-state index contributed by atoms with van der Waals surface area (Å²) in [6, 6.07) is 2.82. The van der Waals surface area contributed by atoms with E-state index in [4.69, 9.17) is 5.26 Å². The van der Waals surface area contributed by atoms with Gasteiger partial charge >= 0.3 is 0 Å². The molecule has 1 rings (SSSR count). The number of rotatable bonds is 8. The quantitative estimate of drug-likeness (QED) is 0.732. The third-order valence-electron chi connectivity index (χ3n) is 3.22. The highest BCUT2D eigenvalue weighted by molar-refractivity contribution is 4.93. The van der Waals surface area contributed by atoms with Crippen LogP contribution in [0.2, 0.25) is 0 Å². The van der Waals surface area contributed by atoms with Crippen molar-refractivity contribution >= 4 is 0 Å². The lowest BCUT2D eigenvalue weighted by Crippen LogP contribution is -2.24. The molecule has 1 N–H and O–H groups in total. The molecule has 4 heteroatoms. The molecule has 0 radical (unpaired) electrons. The molecule has 0 bridgehead atoms. The monoisotopic (exact) mass is 262 g/mol. The van der Waals surface area contributed by atoms with Crippen molar-refractivity contribution in [2.75, 3.05) is 0 Å². The van der Waals surface area contributed by atoms with E-state index in [1.54, 1.807) is 0 Å². The first-order valence-electron chi connectivity index (χ1n) is 7.09. The van der Waals surface area contributed by atoms with Crippen molar-refractivity contribution in [2.45, 2.75) is 66.1 Å². The Kier molecular flexibility index (Phi) is 6.04. The molecular weight excluding hydrogens is 236 g/mol. The first-order valence-corrected chi connectivity index (χ1v) is 7.09. The highest BCUT2D eigenvalue weighted by atomic mass is 15.1. The molecule has 1 heterocycles. The molecule has 0 aliphatic rings. The lowest BCUT2D eigenvalue weighted by Gasteiger charge is -2.15. The summed E-state index contributed by atoms with van der Waals surface area (Å²) in [6.07, 6.45) is 7.02. The SMILES string of the molecule is CC(C)NCc1nccn1CCCCC(C)(C)C#N. The molecule has 0 aliphatic carbocycles. The Labute approximate surface area is 116 Å². The van der Waals surface area contributed by atoms with Crippen LogP contribution in [0.1, 0.15) is 52.8 Å². The van der Waals surface area contributed by atoms with Gasteiger partial charge in [-0.15, -0.1) is 0 Å². The van der Waals surface area contributed by atoms with Gasteiger partial charge in [-0.1, -0.05) is 20.3 Å². The summed E-state index contributed by atoms with van der Waals surface area (Å²) in [5.74, 6) is 1.09. The normalized spacial score (nSPS) is 11.8. The van der Waals surface area contributed by atoms with Crippen molar-refractivity contribution in [3.63, 3.8) is 0 Å². The molecule has 0 unspecified atom stereocenters. The number of unbranched alkanes of at least 4 members (excludes halogenated alkanes) is 1. The molecular formula is C15H26N4. The minimum Gasteiger partial charge on any atom is -0.334 e. The Bertz CT molecular complexity index is 412. The number of hydrogen-bond acceptors (Lipinski definition) is 3. The Morgan fingerprint density at radius 2 is 2.16 bits per heavy atom. The number of aryl methyl sites for hydroxylation is 1. The standard InChI is InChI=1S/C15H26N4/c1-13(2)18-11-14-17-8-10-19(14)9-6-5-7-15(3,4)12-16/h8,10,13,18H,5-7,9,11H2,1-4H3. The van der Waals surface area contributed by atoms with Crippen LogP contribution >= 0.6 is 0 Å². The summed E-state index contributed by atoms with van der Waals surface area (Å²) < 4.78 is 2.20. The average molecular weight is 262 g/mol. The second-order valence-electron chi connectivity index (χ2n) is 6.03. The maximum atomic E-state index is 8.97. The van der Waals surface area contributed by atoms with E-state index in [0.717, 1.165) is 38.2 Å². The first-order chi connectivity index (χ1) is 8.94. The molecule has 0 amide bonds. The Morgan fingerprint density at radius 3 is 2.79 bits per heavy atom. The minimum atomic E-state index is -0.197. The third-order valence-corrected chi connectivity index (χ3v) is 3.22. The van der Waals surface area contributed by atoms with Gasteiger partial charge in [-0.25, -0.2) is 4.98 Å². The van der Waals surface area contributed by atoms with Crippen LogP contribution in [0.4, 0.5) is 0 Å². The van der Waals surface area contributed by atoms with Crippen molar-refractivity contribution in [1.82, 2.24) is 14.9 Å². The molecule has 0 fully saturated rings. The van der Waals surface area contributed by atoms with Crippen LogP contribution in [-0.4, -0.2) is 15.6 Å². The van der Waals surface area contributed by atoms with E-state index < -0.39 is 0 Å². The van der Waals surface area contributed by atoms with Crippen molar-refractivity contribution < 1.29 is 0 Å². The van der Waals surface area contributed by atoms with Gasteiger partial charge in [0.05, 0.1) is 18.0 Å². The van der Waals surface area contributed by atoms with E-state index in [1.807, 2.05) is 26.2 Å². The zero-order valence-electron chi connectivity index (χ0n) is 12.6. The van der Waals surface area contributed by atoms with E-state index in [0.29, 0.717) is 6.04 Å². The second-order valence-corrected chi connectivity index (χ2v) is 6.03. The second kappa shape index (κ2) is 7.30. The summed E-state index contributed by atoms with van der Waals surface area (Å²) in [7, 11) is 0. The van der Waals surface area contributed by atoms with Crippen LogP contribution in [-0.2, 0) is 13.1 Å². The topological polar surface area (TPSA) is 53.6 Å². The number of nitrogens with zero attached hydrogens (tertiary/aromatic N) is 3. The summed E-state index contributed by atoms with van der Waals surface area (Å²) in [5, 5.41) is 12.4. The van der Waals surface area contributed by atoms with E-state index in [2.05, 4.69) is 34.8 Å². The zero-order valence-corrected chi connectivity index (χ0v) is 12.6. The Morgan fingerprint density at radius 1 is 1.42 bits per heavy atom. The molecule has 4 nitrogen and oxygen atoms in total. The molecule has 0 atom stereocenters. The smallest absolute Gasteiger partial charge is 0.122 e. The van der Waals surface area contributed by atoms with Gasteiger partial charge in [0, 0.05) is 25.0 Å². The fourth-order valence-electron chi connectivity index (χ4n) is 1.91. The summed E-state index contributed by atoms with van der Waals surface area (Å²) >= 11 is 0. The van der Waals surface area contributed by atoms with Gasteiger partial charge in [0.2, 0.25) is 0 Å². The predicted octanol–water partition coefficient (Wildman–Crippen LogP) is 3.10. The first kappa shape index (κ1) is 15.7. The highest BCUT2D eigenvalue weighted by Crippen LogP contribution is 2.21. The molecule has 0 aromatic carbocycles. The molecule has 106 valence electrons. The number of hydrogen-bond donors (Lipinski definition) is 1. The average Bonchev–Trinajstić information content (AvgIpc) is 2.79. The molecule has 0 saturated heterocycles. The van der Waals surface area contributed by atoms with Crippen LogP contribution in [0.3, 0.4) is 0 Å². The van der Waals surface area contributed by atoms with Crippen LogP contribution in [0.5, 0.6) is 0 Å². The fourth-order valence-corrected chi connectivity index (χ4v) is 1.91. The van der Waals surface area contributed by atoms with Gasteiger partial charge in [0.25, 0.3) is 0 Å². The molecule has 19 heavy (non-hydrogen) atoms. The summed E-state index contributed by atoms with van der Waals surface area (Å²) in [6.45, 7) is 10.1. The van der Waals surface area contributed by atoms with E-state index in [1.165, 1.54) is 0 Å². The van der Waals surface area contributed by atoms with Crippen molar-refractivity contribution in [3.05, 3.63) is 18.2 Å². The number of nitrogens with one attached hydrogen (secondary N) is 1. The van der Waals surface area contributed by atoms with E-state index in [-0.39, 0.29) is 5.41 Å². The fraction of sp³-hybridized carbons (Fsp3) is 0.733. The molecule has 1 aromatic heterocycles. The van der Waals surface area contributed by atoms with Gasteiger partial charge in [-0.05, 0) is 26.7 Å². The minimum absolute atomic E-state index is 0.197. The lowest BCUT2D eigenvalue weighted by atomic mass is 9.89. The van der Waals surface area contributed by atoms with Gasteiger partial charge in [-0.3, -0.25) is 0 Å². The maximum Gasteiger partial charge on any atom is 0.122 e. The van der Waals surface area contributed by atoms with Crippen LogP contribution in [0, 0.1) is 16.7 Å². The Hall–Kier alpha value is -1.34. The van der Waals surface area contributed by atoms with Crippen LogP contribution in [0.15, 0.2) is 12.4 Å². The van der Waals surface area contributed by atoms with E-state index >= 15 is 0 Å². The largest absolute Gasteiger partial charge is 0.334 e. The molecule has 0 spiro atoms. The molecule has 0 saturated carbocycles. The number of imidazole rings is 1.